The van der Waals surface area contributed by atoms with Crippen molar-refractivity contribution in [2.75, 3.05) is 0 Å². The molecule has 0 spiro atoms. The third-order valence-corrected chi connectivity index (χ3v) is 4.06. The molecule has 1 rings (SSSR count). The molecule has 1 aliphatic rings. The SMILES string of the molecule is CCC(C)C(CC1CCC1)C(C)C. The van der Waals surface area contributed by atoms with Crippen LogP contribution in [0, 0.1) is 23.7 Å². The van der Waals surface area contributed by atoms with E-state index < -0.39 is 0 Å². The summed E-state index contributed by atoms with van der Waals surface area (Å²) in [6.07, 6.45) is 7.39. The standard InChI is InChI=1S/C13H26/c1-5-11(4)13(10(2)3)9-12-7-6-8-12/h10-13H,5-9H2,1-4H3. The molecule has 1 saturated carbocycles. The van der Waals surface area contributed by atoms with E-state index >= 15 is 0 Å². The lowest BCUT2D eigenvalue weighted by Crippen LogP contribution is -2.24. The lowest BCUT2D eigenvalue weighted by Gasteiger charge is -2.34. The molecule has 1 fully saturated rings. The Balaban J connectivity index is 2.36. The van der Waals surface area contributed by atoms with Crippen LogP contribution in [0.1, 0.15) is 59.8 Å². The Morgan fingerprint density at radius 2 is 1.77 bits per heavy atom. The summed E-state index contributed by atoms with van der Waals surface area (Å²) in [7, 11) is 0. The molecule has 0 bridgehead atoms. The van der Waals surface area contributed by atoms with Crippen molar-refractivity contribution in [2.24, 2.45) is 23.7 Å². The van der Waals surface area contributed by atoms with Gasteiger partial charge in [-0.2, -0.15) is 0 Å². The molecule has 0 heteroatoms. The molecule has 0 amide bonds. The van der Waals surface area contributed by atoms with E-state index in [4.69, 9.17) is 0 Å². The van der Waals surface area contributed by atoms with Crippen molar-refractivity contribution in [2.45, 2.75) is 59.8 Å². The van der Waals surface area contributed by atoms with Gasteiger partial charge in [-0.25, -0.2) is 0 Å². The first-order chi connectivity index (χ1) is 6.15. The number of rotatable bonds is 5. The van der Waals surface area contributed by atoms with Gasteiger partial charge in [0.25, 0.3) is 0 Å². The van der Waals surface area contributed by atoms with Crippen molar-refractivity contribution >= 4 is 0 Å². The molecule has 0 aliphatic heterocycles. The minimum atomic E-state index is 0.885. The van der Waals surface area contributed by atoms with Crippen molar-refractivity contribution in [3.8, 4) is 0 Å². The Morgan fingerprint density at radius 3 is 2.08 bits per heavy atom. The maximum Gasteiger partial charge on any atom is -0.0363 e. The van der Waals surface area contributed by atoms with Crippen LogP contribution in [0.15, 0.2) is 0 Å². The van der Waals surface area contributed by atoms with E-state index in [2.05, 4.69) is 27.7 Å². The van der Waals surface area contributed by atoms with Crippen LogP contribution in [0.5, 0.6) is 0 Å². The van der Waals surface area contributed by atoms with Gasteiger partial charge in [0.2, 0.25) is 0 Å². The van der Waals surface area contributed by atoms with Gasteiger partial charge in [0.1, 0.15) is 0 Å². The van der Waals surface area contributed by atoms with Crippen LogP contribution in [0.3, 0.4) is 0 Å². The van der Waals surface area contributed by atoms with Gasteiger partial charge < -0.3 is 0 Å². The second kappa shape index (κ2) is 5.02. The molecule has 13 heavy (non-hydrogen) atoms. The molecular formula is C13H26. The van der Waals surface area contributed by atoms with Crippen molar-refractivity contribution < 1.29 is 0 Å². The quantitative estimate of drug-likeness (QED) is 0.587. The molecule has 2 unspecified atom stereocenters. The van der Waals surface area contributed by atoms with E-state index in [1.54, 1.807) is 0 Å². The summed E-state index contributed by atoms with van der Waals surface area (Å²) in [5.74, 6) is 3.88. The first-order valence-electron chi connectivity index (χ1n) is 6.15. The fraction of sp³-hybridized carbons (Fsp3) is 1.00. The zero-order chi connectivity index (χ0) is 9.84. The van der Waals surface area contributed by atoms with E-state index in [9.17, 15) is 0 Å². The average molecular weight is 182 g/mol. The van der Waals surface area contributed by atoms with E-state index in [0.29, 0.717) is 0 Å². The van der Waals surface area contributed by atoms with Gasteiger partial charge in [-0.1, -0.05) is 53.4 Å². The maximum absolute atomic E-state index is 2.43. The molecule has 1 aliphatic carbocycles. The maximum atomic E-state index is 2.43. The van der Waals surface area contributed by atoms with Crippen molar-refractivity contribution in [3.63, 3.8) is 0 Å². The molecule has 0 aromatic heterocycles. The molecule has 0 nitrogen and oxygen atoms in total. The molecule has 0 N–H and O–H groups in total. The third kappa shape index (κ3) is 3.00. The molecule has 0 saturated heterocycles. The highest BCUT2D eigenvalue weighted by atomic mass is 14.3. The van der Waals surface area contributed by atoms with E-state index in [0.717, 1.165) is 23.7 Å². The van der Waals surface area contributed by atoms with Crippen LogP contribution >= 0.6 is 0 Å². The summed E-state index contributed by atoms with van der Waals surface area (Å²) in [6, 6.07) is 0. The van der Waals surface area contributed by atoms with Crippen LogP contribution in [-0.2, 0) is 0 Å². The minimum Gasteiger partial charge on any atom is -0.0651 e. The second-order valence-electron chi connectivity index (χ2n) is 5.33. The predicted molar refractivity (Wildman–Crippen MR) is 59.7 cm³/mol. The summed E-state index contributed by atoms with van der Waals surface area (Å²) in [5.41, 5.74) is 0. The molecule has 2 atom stereocenters. The summed E-state index contributed by atoms with van der Waals surface area (Å²) in [5, 5.41) is 0. The minimum absolute atomic E-state index is 0.885. The Kier molecular flexibility index (Phi) is 4.28. The van der Waals surface area contributed by atoms with Gasteiger partial charge in [0.15, 0.2) is 0 Å². The van der Waals surface area contributed by atoms with Crippen molar-refractivity contribution in [1.29, 1.82) is 0 Å². The van der Waals surface area contributed by atoms with E-state index in [1.807, 2.05) is 0 Å². The molecular weight excluding hydrogens is 156 g/mol. The van der Waals surface area contributed by atoms with E-state index in [-0.39, 0.29) is 0 Å². The number of hydrogen-bond donors (Lipinski definition) is 0. The summed E-state index contributed by atoms with van der Waals surface area (Å²) in [6.45, 7) is 9.56. The monoisotopic (exact) mass is 182 g/mol. The zero-order valence-corrected chi connectivity index (χ0v) is 9.84. The van der Waals surface area contributed by atoms with Crippen LogP contribution < -0.4 is 0 Å². The Labute approximate surface area is 84.1 Å². The van der Waals surface area contributed by atoms with Gasteiger partial charge in [0.05, 0.1) is 0 Å². The highest BCUT2D eigenvalue weighted by Gasteiger charge is 2.26. The first-order valence-corrected chi connectivity index (χ1v) is 6.15. The Bertz CT molecular complexity index is 133. The fourth-order valence-electron chi connectivity index (χ4n) is 2.58. The van der Waals surface area contributed by atoms with Crippen LogP contribution in [0.4, 0.5) is 0 Å². The van der Waals surface area contributed by atoms with Gasteiger partial charge in [0, 0.05) is 0 Å². The highest BCUT2D eigenvalue weighted by Crippen LogP contribution is 2.37. The van der Waals surface area contributed by atoms with Crippen molar-refractivity contribution in [1.82, 2.24) is 0 Å². The first kappa shape index (κ1) is 11.1. The molecule has 78 valence electrons. The Hall–Kier alpha value is 0. The van der Waals surface area contributed by atoms with E-state index in [1.165, 1.54) is 32.1 Å². The van der Waals surface area contributed by atoms with Crippen molar-refractivity contribution in [3.05, 3.63) is 0 Å². The van der Waals surface area contributed by atoms with Gasteiger partial charge >= 0.3 is 0 Å². The molecule has 0 radical (unpaired) electrons. The Morgan fingerprint density at radius 1 is 1.15 bits per heavy atom. The highest BCUT2D eigenvalue weighted by molar-refractivity contribution is 4.77. The summed E-state index contributed by atoms with van der Waals surface area (Å²) < 4.78 is 0. The molecule has 0 aromatic carbocycles. The second-order valence-corrected chi connectivity index (χ2v) is 5.33. The van der Waals surface area contributed by atoms with Crippen LogP contribution in [0.2, 0.25) is 0 Å². The van der Waals surface area contributed by atoms with Gasteiger partial charge in [-0.15, -0.1) is 0 Å². The summed E-state index contributed by atoms with van der Waals surface area (Å²) >= 11 is 0. The van der Waals surface area contributed by atoms with Gasteiger partial charge in [-0.3, -0.25) is 0 Å². The summed E-state index contributed by atoms with van der Waals surface area (Å²) in [4.78, 5) is 0. The topological polar surface area (TPSA) is 0 Å². The molecule has 0 aromatic rings. The van der Waals surface area contributed by atoms with Gasteiger partial charge in [-0.05, 0) is 30.1 Å². The lowest BCUT2D eigenvalue weighted by molar-refractivity contribution is 0.166. The van der Waals surface area contributed by atoms with Crippen LogP contribution in [0.25, 0.3) is 0 Å². The molecule has 0 heterocycles. The number of hydrogen-bond acceptors (Lipinski definition) is 0. The predicted octanol–water partition coefficient (Wildman–Crippen LogP) is 4.49. The zero-order valence-electron chi connectivity index (χ0n) is 9.84. The largest absolute Gasteiger partial charge is 0.0651 e. The lowest BCUT2D eigenvalue weighted by atomic mass is 9.71. The third-order valence-electron chi connectivity index (χ3n) is 4.06. The normalized spacial score (nSPS) is 22.8. The average Bonchev–Trinajstić information content (AvgIpc) is 2.00. The van der Waals surface area contributed by atoms with Crippen LogP contribution in [-0.4, -0.2) is 0 Å². The fourth-order valence-corrected chi connectivity index (χ4v) is 2.58. The smallest absolute Gasteiger partial charge is 0.0363 e.